The Morgan fingerprint density at radius 1 is 1.40 bits per heavy atom. The molecule has 1 fully saturated rings. The number of piperidine rings is 1. The lowest BCUT2D eigenvalue weighted by molar-refractivity contribution is 0.0603. The minimum Gasteiger partial charge on any atom is -0.337 e. The molecule has 6 heteroatoms. The molecular formula is C14H25N5O. The van der Waals surface area contributed by atoms with Crippen LogP contribution in [0.4, 0.5) is 0 Å². The summed E-state index contributed by atoms with van der Waals surface area (Å²) in [6.45, 7) is 9.52. The number of aromatic nitrogens is 3. The number of likely N-dealkylation sites (tertiary alicyclic amines) is 1. The average Bonchev–Trinajstić information content (AvgIpc) is 2.86. The molecule has 1 aliphatic rings. The first-order valence-electron chi connectivity index (χ1n) is 7.31. The maximum absolute atomic E-state index is 12.4. The van der Waals surface area contributed by atoms with E-state index < -0.39 is 0 Å². The second-order valence-electron chi connectivity index (χ2n) is 6.59. The van der Waals surface area contributed by atoms with Gasteiger partial charge in [-0.1, -0.05) is 26.0 Å². The van der Waals surface area contributed by atoms with Crippen LogP contribution in [0, 0.1) is 11.3 Å². The van der Waals surface area contributed by atoms with Gasteiger partial charge in [0.2, 0.25) is 0 Å². The maximum atomic E-state index is 12.4. The van der Waals surface area contributed by atoms with E-state index in [-0.39, 0.29) is 5.91 Å². The first kappa shape index (κ1) is 15.0. The molecule has 0 aliphatic carbocycles. The highest BCUT2D eigenvalue weighted by Crippen LogP contribution is 2.34. The Hall–Kier alpha value is -1.43. The van der Waals surface area contributed by atoms with Crippen molar-refractivity contribution < 1.29 is 4.79 Å². The van der Waals surface area contributed by atoms with Gasteiger partial charge in [-0.2, -0.15) is 0 Å². The highest BCUT2D eigenvalue weighted by atomic mass is 16.2. The SMILES string of the molecule is CC(C)(C)C1CCN(C(=O)c2cn(CCN)nn2)CC1. The van der Waals surface area contributed by atoms with Gasteiger partial charge in [0.05, 0.1) is 12.7 Å². The number of nitrogens with zero attached hydrogens (tertiary/aromatic N) is 4. The van der Waals surface area contributed by atoms with Gasteiger partial charge in [0, 0.05) is 19.6 Å². The summed E-state index contributed by atoms with van der Waals surface area (Å²) in [7, 11) is 0. The summed E-state index contributed by atoms with van der Waals surface area (Å²) in [4.78, 5) is 14.2. The highest BCUT2D eigenvalue weighted by molar-refractivity contribution is 5.91. The first-order valence-corrected chi connectivity index (χ1v) is 7.31. The second kappa shape index (κ2) is 5.91. The smallest absolute Gasteiger partial charge is 0.276 e. The van der Waals surface area contributed by atoms with Crippen molar-refractivity contribution in [3.05, 3.63) is 11.9 Å². The predicted octanol–water partition coefficient (Wildman–Crippen LogP) is 1.14. The first-order chi connectivity index (χ1) is 9.41. The van der Waals surface area contributed by atoms with Crippen molar-refractivity contribution in [1.82, 2.24) is 19.9 Å². The molecule has 0 saturated carbocycles. The van der Waals surface area contributed by atoms with Crippen molar-refractivity contribution in [3.63, 3.8) is 0 Å². The van der Waals surface area contributed by atoms with E-state index in [1.807, 2.05) is 4.90 Å². The fraction of sp³-hybridized carbons (Fsp3) is 0.786. The maximum Gasteiger partial charge on any atom is 0.276 e. The van der Waals surface area contributed by atoms with E-state index in [1.54, 1.807) is 10.9 Å². The summed E-state index contributed by atoms with van der Waals surface area (Å²) >= 11 is 0. The molecule has 0 radical (unpaired) electrons. The molecule has 0 aromatic carbocycles. The van der Waals surface area contributed by atoms with Gasteiger partial charge in [-0.05, 0) is 24.2 Å². The van der Waals surface area contributed by atoms with Crippen molar-refractivity contribution in [2.45, 2.75) is 40.2 Å². The van der Waals surface area contributed by atoms with Crippen molar-refractivity contribution in [3.8, 4) is 0 Å². The third-order valence-electron chi connectivity index (χ3n) is 4.12. The molecule has 2 N–H and O–H groups in total. The molecule has 2 heterocycles. The number of carbonyl (C=O) groups excluding carboxylic acids is 1. The topological polar surface area (TPSA) is 77.0 Å². The lowest BCUT2D eigenvalue weighted by Gasteiger charge is -2.38. The van der Waals surface area contributed by atoms with Crippen LogP contribution in [0.2, 0.25) is 0 Å². The zero-order valence-corrected chi connectivity index (χ0v) is 12.7. The van der Waals surface area contributed by atoms with Gasteiger partial charge in [0.15, 0.2) is 5.69 Å². The zero-order valence-electron chi connectivity index (χ0n) is 12.7. The Kier molecular flexibility index (Phi) is 4.42. The Morgan fingerprint density at radius 2 is 2.05 bits per heavy atom. The van der Waals surface area contributed by atoms with Crippen LogP contribution in [-0.2, 0) is 6.54 Å². The minimum atomic E-state index is -0.0133. The van der Waals surface area contributed by atoms with E-state index in [2.05, 4.69) is 31.1 Å². The zero-order chi connectivity index (χ0) is 14.8. The molecule has 0 bridgehead atoms. The Balaban J connectivity index is 1.94. The molecule has 1 saturated heterocycles. The van der Waals surface area contributed by atoms with E-state index in [9.17, 15) is 4.79 Å². The summed E-state index contributed by atoms with van der Waals surface area (Å²) in [5.74, 6) is 0.667. The third-order valence-corrected chi connectivity index (χ3v) is 4.12. The molecule has 2 rings (SSSR count). The minimum absolute atomic E-state index is 0.0133. The lowest BCUT2D eigenvalue weighted by atomic mass is 9.75. The molecule has 1 aliphatic heterocycles. The monoisotopic (exact) mass is 279 g/mol. The van der Waals surface area contributed by atoms with E-state index in [0.717, 1.165) is 25.9 Å². The summed E-state index contributed by atoms with van der Waals surface area (Å²) in [5.41, 5.74) is 6.20. The van der Waals surface area contributed by atoms with Gasteiger partial charge in [0.25, 0.3) is 5.91 Å². The molecule has 0 atom stereocenters. The molecule has 1 aromatic heterocycles. The Morgan fingerprint density at radius 3 is 2.60 bits per heavy atom. The quantitative estimate of drug-likeness (QED) is 0.900. The molecular weight excluding hydrogens is 254 g/mol. The van der Waals surface area contributed by atoms with Crippen molar-refractivity contribution in [2.75, 3.05) is 19.6 Å². The van der Waals surface area contributed by atoms with E-state index >= 15 is 0 Å². The molecule has 1 amide bonds. The average molecular weight is 279 g/mol. The number of hydrogen-bond acceptors (Lipinski definition) is 4. The molecule has 6 nitrogen and oxygen atoms in total. The van der Waals surface area contributed by atoms with Gasteiger partial charge in [-0.15, -0.1) is 5.10 Å². The molecule has 0 unspecified atom stereocenters. The van der Waals surface area contributed by atoms with Crippen LogP contribution in [0.15, 0.2) is 6.20 Å². The van der Waals surface area contributed by atoms with Crippen molar-refractivity contribution >= 4 is 5.91 Å². The van der Waals surface area contributed by atoms with E-state index in [0.29, 0.717) is 30.1 Å². The van der Waals surface area contributed by atoms with E-state index in [4.69, 9.17) is 5.73 Å². The number of carbonyl (C=O) groups is 1. The summed E-state index contributed by atoms with van der Waals surface area (Å²) < 4.78 is 1.62. The number of hydrogen-bond donors (Lipinski definition) is 1. The van der Waals surface area contributed by atoms with Gasteiger partial charge in [-0.3, -0.25) is 9.48 Å². The van der Waals surface area contributed by atoms with Gasteiger partial charge in [-0.25, -0.2) is 0 Å². The second-order valence-corrected chi connectivity index (χ2v) is 6.59. The van der Waals surface area contributed by atoms with Gasteiger partial charge in [0.1, 0.15) is 0 Å². The number of rotatable bonds is 3. The van der Waals surface area contributed by atoms with Crippen LogP contribution in [-0.4, -0.2) is 45.4 Å². The van der Waals surface area contributed by atoms with Crippen LogP contribution in [0.25, 0.3) is 0 Å². The number of amides is 1. The van der Waals surface area contributed by atoms with Crippen LogP contribution >= 0.6 is 0 Å². The Bertz CT molecular complexity index is 454. The molecule has 0 spiro atoms. The number of nitrogens with two attached hydrogens (primary N) is 1. The summed E-state index contributed by atoms with van der Waals surface area (Å²) in [5, 5.41) is 7.86. The van der Waals surface area contributed by atoms with Crippen molar-refractivity contribution in [1.29, 1.82) is 0 Å². The van der Waals surface area contributed by atoms with Gasteiger partial charge >= 0.3 is 0 Å². The summed E-state index contributed by atoms with van der Waals surface area (Å²) in [6.07, 6.45) is 3.81. The fourth-order valence-electron chi connectivity index (χ4n) is 2.75. The van der Waals surface area contributed by atoms with E-state index in [1.165, 1.54) is 0 Å². The van der Waals surface area contributed by atoms with Crippen LogP contribution in [0.5, 0.6) is 0 Å². The summed E-state index contributed by atoms with van der Waals surface area (Å²) in [6, 6.07) is 0. The lowest BCUT2D eigenvalue weighted by Crippen LogP contribution is -2.41. The van der Waals surface area contributed by atoms with Gasteiger partial charge < -0.3 is 10.6 Å². The molecule has 112 valence electrons. The standard InChI is InChI=1S/C14H25N5O/c1-14(2,3)11-4-7-18(8-5-11)13(20)12-10-19(9-6-15)17-16-12/h10-11H,4-9,15H2,1-3H3. The third kappa shape index (κ3) is 3.36. The molecule has 20 heavy (non-hydrogen) atoms. The van der Waals surface area contributed by atoms with Crippen molar-refractivity contribution in [2.24, 2.45) is 17.1 Å². The fourth-order valence-corrected chi connectivity index (χ4v) is 2.75. The van der Waals surface area contributed by atoms with Crippen LogP contribution in [0.1, 0.15) is 44.1 Å². The van der Waals surface area contributed by atoms with Crippen LogP contribution < -0.4 is 5.73 Å². The predicted molar refractivity (Wildman–Crippen MR) is 77.2 cm³/mol. The normalized spacial score (nSPS) is 17.5. The molecule has 1 aromatic rings. The Labute approximate surface area is 120 Å². The highest BCUT2D eigenvalue weighted by Gasteiger charge is 2.31. The largest absolute Gasteiger partial charge is 0.337 e. The van der Waals surface area contributed by atoms with Crippen LogP contribution in [0.3, 0.4) is 0 Å².